The maximum Gasteiger partial charge on any atom is 0.205 e. The van der Waals surface area contributed by atoms with E-state index in [1.54, 1.807) is 0 Å². The maximum absolute atomic E-state index is 9.62. The van der Waals surface area contributed by atoms with E-state index in [2.05, 4.69) is 12.1 Å². The molecule has 2 aliphatic rings. The van der Waals surface area contributed by atoms with Crippen LogP contribution >= 0.6 is 11.6 Å². The minimum atomic E-state index is -0.177. The number of nitrogens with zero attached hydrogens (tertiary/aromatic N) is 1. The number of hydrogen-bond acceptors (Lipinski definition) is 3. The summed E-state index contributed by atoms with van der Waals surface area (Å²) < 4.78 is 5.88. The molecule has 0 saturated carbocycles. The molecule has 0 radical (unpaired) electrons. The van der Waals surface area contributed by atoms with Gasteiger partial charge in [0.15, 0.2) is 0 Å². The summed E-state index contributed by atoms with van der Waals surface area (Å²) in [6.07, 6.45) is 1.78. The second-order valence-electron chi connectivity index (χ2n) is 5.99. The van der Waals surface area contributed by atoms with E-state index in [-0.39, 0.29) is 11.8 Å². The molecule has 24 heavy (non-hydrogen) atoms. The summed E-state index contributed by atoms with van der Waals surface area (Å²) in [5.41, 5.74) is 11.0. The van der Waals surface area contributed by atoms with Crippen LogP contribution in [0.15, 0.2) is 65.6 Å². The van der Waals surface area contributed by atoms with Crippen molar-refractivity contribution in [3.05, 3.63) is 87.3 Å². The van der Waals surface area contributed by atoms with Crippen LogP contribution in [0.3, 0.4) is 0 Å². The molecule has 2 N–H and O–H groups in total. The van der Waals surface area contributed by atoms with Gasteiger partial charge in [-0.3, -0.25) is 0 Å². The van der Waals surface area contributed by atoms with Crippen LogP contribution in [-0.4, -0.2) is 0 Å². The predicted octanol–water partition coefficient (Wildman–Crippen LogP) is 4.51. The zero-order valence-corrected chi connectivity index (χ0v) is 13.7. The van der Waals surface area contributed by atoms with Gasteiger partial charge >= 0.3 is 0 Å². The van der Waals surface area contributed by atoms with Gasteiger partial charge in [-0.15, -0.1) is 0 Å². The number of halogens is 1. The molecule has 2 aromatic carbocycles. The van der Waals surface area contributed by atoms with Crippen LogP contribution in [0, 0.1) is 11.3 Å². The first-order valence-corrected chi connectivity index (χ1v) is 8.21. The van der Waals surface area contributed by atoms with Gasteiger partial charge in [0.2, 0.25) is 5.88 Å². The summed E-state index contributed by atoms with van der Waals surface area (Å²) in [6.45, 7) is 0. The van der Waals surface area contributed by atoms with E-state index in [0.717, 1.165) is 35.3 Å². The lowest BCUT2D eigenvalue weighted by Crippen LogP contribution is -2.23. The van der Waals surface area contributed by atoms with Crippen LogP contribution in [-0.2, 0) is 11.2 Å². The Labute approximate surface area is 145 Å². The summed E-state index contributed by atoms with van der Waals surface area (Å²) in [5.74, 6) is 0.811. The van der Waals surface area contributed by atoms with E-state index in [1.807, 2.05) is 42.5 Å². The van der Waals surface area contributed by atoms with E-state index in [9.17, 15) is 5.26 Å². The Bertz CT molecular complexity index is 919. The van der Waals surface area contributed by atoms with Crippen molar-refractivity contribution in [3.63, 3.8) is 0 Å². The van der Waals surface area contributed by atoms with Crippen molar-refractivity contribution in [1.82, 2.24) is 0 Å². The van der Waals surface area contributed by atoms with E-state index in [1.165, 1.54) is 5.56 Å². The van der Waals surface area contributed by atoms with Crippen LogP contribution in [0.25, 0.3) is 5.76 Å². The third kappa shape index (κ3) is 2.28. The van der Waals surface area contributed by atoms with Gasteiger partial charge in [0.05, 0.1) is 0 Å². The van der Waals surface area contributed by atoms with Gasteiger partial charge in [-0.25, -0.2) is 0 Å². The normalized spacial score (nSPS) is 19.2. The molecule has 2 aromatic rings. The van der Waals surface area contributed by atoms with Gasteiger partial charge in [-0.05, 0) is 41.7 Å². The second-order valence-corrected chi connectivity index (χ2v) is 6.42. The van der Waals surface area contributed by atoms with Gasteiger partial charge in [-0.2, -0.15) is 5.26 Å². The molecule has 0 unspecified atom stereocenters. The Kier molecular flexibility index (Phi) is 3.55. The largest absolute Gasteiger partial charge is 0.440 e. The monoisotopic (exact) mass is 334 g/mol. The van der Waals surface area contributed by atoms with Crippen molar-refractivity contribution in [3.8, 4) is 6.07 Å². The smallest absolute Gasteiger partial charge is 0.205 e. The Morgan fingerprint density at radius 2 is 1.83 bits per heavy atom. The van der Waals surface area contributed by atoms with Crippen LogP contribution < -0.4 is 5.73 Å². The molecule has 3 nitrogen and oxygen atoms in total. The Hall–Kier alpha value is -2.70. The minimum absolute atomic E-state index is 0.177. The fourth-order valence-electron chi connectivity index (χ4n) is 3.54. The molecule has 4 rings (SSSR count). The van der Waals surface area contributed by atoms with E-state index in [0.29, 0.717) is 10.6 Å². The van der Waals surface area contributed by atoms with Gasteiger partial charge < -0.3 is 10.5 Å². The first-order valence-electron chi connectivity index (χ1n) is 7.83. The predicted molar refractivity (Wildman–Crippen MR) is 93.8 cm³/mol. The summed E-state index contributed by atoms with van der Waals surface area (Å²) in [4.78, 5) is 0. The standard InChI is InChI=1S/C20H15ClN2O/c21-14-8-5-13(6-9-14)18-16-10-7-12-3-1-2-4-15(12)19(16)24-20(23)17(18)11-22/h1-6,8-9,18H,7,10,23H2/t18-/m0/s1. The number of hydrogen-bond donors (Lipinski definition) is 1. The van der Waals surface area contributed by atoms with Crippen LogP contribution in [0.1, 0.15) is 29.0 Å². The highest BCUT2D eigenvalue weighted by Crippen LogP contribution is 2.47. The molecular formula is C20H15ClN2O. The number of aryl methyl sites for hydroxylation is 1. The number of fused-ring (bicyclic) bond motifs is 2. The molecule has 1 aliphatic carbocycles. The Balaban J connectivity index is 1.91. The Morgan fingerprint density at radius 3 is 2.58 bits per heavy atom. The van der Waals surface area contributed by atoms with Gasteiger partial charge in [0, 0.05) is 16.5 Å². The molecule has 0 saturated heterocycles. The fourth-order valence-corrected chi connectivity index (χ4v) is 3.66. The lowest BCUT2D eigenvalue weighted by molar-refractivity contribution is 0.350. The molecule has 1 aliphatic heterocycles. The first-order chi connectivity index (χ1) is 11.7. The highest BCUT2D eigenvalue weighted by molar-refractivity contribution is 6.30. The van der Waals surface area contributed by atoms with E-state index >= 15 is 0 Å². The summed E-state index contributed by atoms with van der Waals surface area (Å²) in [7, 11) is 0. The van der Waals surface area contributed by atoms with Crippen molar-refractivity contribution in [1.29, 1.82) is 5.26 Å². The second kappa shape index (κ2) is 5.74. The lowest BCUT2D eigenvalue weighted by Gasteiger charge is -2.33. The summed E-state index contributed by atoms with van der Waals surface area (Å²) in [5, 5.41) is 10.3. The third-order valence-corrected chi connectivity index (χ3v) is 4.91. The molecule has 0 bridgehead atoms. The topological polar surface area (TPSA) is 59.0 Å². The number of allylic oxidation sites excluding steroid dienone is 2. The minimum Gasteiger partial charge on any atom is -0.440 e. The summed E-state index contributed by atoms with van der Waals surface area (Å²) in [6, 6.07) is 18.0. The molecule has 1 heterocycles. The first kappa shape index (κ1) is 14.9. The average Bonchev–Trinajstić information content (AvgIpc) is 2.61. The van der Waals surface area contributed by atoms with Gasteiger partial charge in [0.25, 0.3) is 0 Å². The molecule has 118 valence electrons. The van der Waals surface area contributed by atoms with Crippen molar-refractivity contribution >= 4 is 17.4 Å². The highest BCUT2D eigenvalue weighted by Gasteiger charge is 2.35. The van der Waals surface area contributed by atoms with Gasteiger partial charge in [0.1, 0.15) is 17.4 Å². The van der Waals surface area contributed by atoms with E-state index < -0.39 is 0 Å². The number of nitrogens with two attached hydrogens (primary N) is 1. The van der Waals surface area contributed by atoms with Crippen molar-refractivity contribution in [2.24, 2.45) is 5.73 Å². The fraction of sp³-hybridized carbons (Fsp3) is 0.150. The number of rotatable bonds is 1. The van der Waals surface area contributed by atoms with Crippen LogP contribution in [0.5, 0.6) is 0 Å². The summed E-state index contributed by atoms with van der Waals surface area (Å²) >= 11 is 6.02. The zero-order valence-electron chi connectivity index (χ0n) is 12.9. The average molecular weight is 335 g/mol. The third-order valence-electron chi connectivity index (χ3n) is 4.66. The lowest BCUT2D eigenvalue weighted by atomic mass is 9.77. The Morgan fingerprint density at radius 1 is 1.08 bits per heavy atom. The van der Waals surface area contributed by atoms with E-state index in [4.69, 9.17) is 22.1 Å². The number of ether oxygens (including phenoxy) is 1. The van der Waals surface area contributed by atoms with Crippen molar-refractivity contribution < 1.29 is 4.74 Å². The molecule has 0 aromatic heterocycles. The molecule has 0 amide bonds. The molecule has 0 spiro atoms. The molecule has 4 heteroatoms. The molecule has 1 atom stereocenters. The van der Waals surface area contributed by atoms with Crippen molar-refractivity contribution in [2.45, 2.75) is 18.8 Å². The maximum atomic E-state index is 9.62. The van der Waals surface area contributed by atoms with Gasteiger partial charge in [-0.1, -0.05) is 48.0 Å². The number of nitriles is 1. The van der Waals surface area contributed by atoms with Crippen LogP contribution in [0.4, 0.5) is 0 Å². The highest BCUT2D eigenvalue weighted by atomic mass is 35.5. The molecular weight excluding hydrogens is 320 g/mol. The zero-order chi connectivity index (χ0) is 16.7. The molecule has 0 fully saturated rings. The quantitative estimate of drug-likeness (QED) is 0.835. The van der Waals surface area contributed by atoms with Crippen LogP contribution in [0.2, 0.25) is 5.02 Å². The van der Waals surface area contributed by atoms with Crippen molar-refractivity contribution in [2.75, 3.05) is 0 Å². The SMILES string of the molecule is N#CC1=C(N)OC2=C(CCc3ccccc32)[C@@H]1c1ccc(Cl)cc1. The number of benzene rings is 2.